The van der Waals surface area contributed by atoms with Gasteiger partial charge in [0.05, 0.1) is 12.0 Å². The molecular formula is C25H29N3O6S2. The van der Waals surface area contributed by atoms with Crippen molar-refractivity contribution >= 4 is 26.0 Å². The smallest absolute Gasteiger partial charge is 0.251 e. The second kappa shape index (κ2) is 12.1. The van der Waals surface area contributed by atoms with Gasteiger partial charge in [0, 0.05) is 25.2 Å². The lowest BCUT2D eigenvalue weighted by molar-refractivity contribution is 0.0954. The summed E-state index contributed by atoms with van der Waals surface area (Å²) in [5.74, 6) is -0.447. The van der Waals surface area contributed by atoms with Gasteiger partial charge >= 0.3 is 0 Å². The molecule has 9 nitrogen and oxygen atoms in total. The first-order chi connectivity index (χ1) is 17.1. The molecule has 0 bridgehead atoms. The molecule has 3 aromatic rings. The summed E-state index contributed by atoms with van der Waals surface area (Å²) < 4.78 is 60.7. The van der Waals surface area contributed by atoms with Gasteiger partial charge in [-0.2, -0.15) is 0 Å². The average Bonchev–Trinajstić information content (AvgIpc) is 2.87. The fourth-order valence-corrected chi connectivity index (χ4v) is 5.60. The van der Waals surface area contributed by atoms with E-state index in [0.717, 1.165) is 11.1 Å². The van der Waals surface area contributed by atoms with Gasteiger partial charge in [-0.3, -0.25) is 4.79 Å². The van der Waals surface area contributed by atoms with Crippen molar-refractivity contribution in [3.05, 3.63) is 89.5 Å². The molecule has 0 aliphatic rings. The van der Waals surface area contributed by atoms with E-state index in [-0.39, 0.29) is 40.7 Å². The van der Waals surface area contributed by atoms with Crippen LogP contribution in [0.15, 0.2) is 82.6 Å². The maximum Gasteiger partial charge on any atom is 0.251 e. The van der Waals surface area contributed by atoms with Crippen molar-refractivity contribution in [3.63, 3.8) is 0 Å². The van der Waals surface area contributed by atoms with Gasteiger partial charge in [-0.05, 0) is 49.2 Å². The van der Waals surface area contributed by atoms with Crippen molar-refractivity contribution in [2.75, 3.05) is 26.7 Å². The fourth-order valence-electron chi connectivity index (χ4n) is 3.34. The third kappa shape index (κ3) is 7.37. The van der Waals surface area contributed by atoms with E-state index in [4.69, 9.17) is 4.74 Å². The summed E-state index contributed by atoms with van der Waals surface area (Å²) in [5, 5.41) is 2.59. The summed E-state index contributed by atoms with van der Waals surface area (Å²) in [6.45, 7) is 2.00. The Hall–Kier alpha value is -3.25. The van der Waals surface area contributed by atoms with E-state index >= 15 is 0 Å². The zero-order valence-corrected chi connectivity index (χ0v) is 21.7. The summed E-state index contributed by atoms with van der Waals surface area (Å²) in [6, 6.07) is 19.9. The molecule has 192 valence electrons. The molecule has 0 fully saturated rings. The number of rotatable bonds is 12. The van der Waals surface area contributed by atoms with E-state index < -0.39 is 26.0 Å². The summed E-state index contributed by atoms with van der Waals surface area (Å²) in [6.07, 6.45) is 0.501. The molecule has 0 aromatic heterocycles. The molecule has 0 aliphatic carbocycles. The number of carbonyl (C=O) groups excluding carboxylic acids is 1. The van der Waals surface area contributed by atoms with Crippen LogP contribution in [0.3, 0.4) is 0 Å². The van der Waals surface area contributed by atoms with Gasteiger partial charge in [-0.1, -0.05) is 48.0 Å². The number of hydrogen-bond acceptors (Lipinski definition) is 6. The van der Waals surface area contributed by atoms with Crippen LogP contribution in [0.5, 0.6) is 5.75 Å². The van der Waals surface area contributed by atoms with Crippen LogP contribution in [0.25, 0.3) is 0 Å². The average molecular weight is 532 g/mol. The molecule has 3 aromatic carbocycles. The molecule has 0 spiro atoms. The number of ether oxygens (including phenoxy) is 1. The number of carbonyl (C=O) groups is 1. The largest absolute Gasteiger partial charge is 0.495 e. The van der Waals surface area contributed by atoms with Crippen LogP contribution in [0.1, 0.15) is 21.5 Å². The van der Waals surface area contributed by atoms with Crippen molar-refractivity contribution in [1.29, 1.82) is 0 Å². The minimum atomic E-state index is -3.95. The summed E-state index contributed by atoms with van der Waals surface area (Å²) in [4.78, 5) is 12.6. The Kier molecular flexibility index (Phi) is 9.21. The van der Waals surface area contributed by atoms with Crippen molar-refractivity contribution in [3.8, 4) is 5.75 Å². The molecule has 0 radical (unpaired) electrons. The molecule has 0 saturated heterocycles. The van der Waals surface area contributed by atoms with Gasteiger partial charge in [0.1, 0.15) is 10.6 Å². The van der Waals surface area contributed by atoms with Gasteiger partial charge in [-0.25, -0.2) is 26.3 Å². The standard InChI is InChI=1S/C25H29N3O6S2/c1-19-8-11-22(12-9-19)35(30,31)28-17-16-26-25(29)21-10-13-23(34-2)24(18-21)36(32,33)27-15-14-20-6-4-3-5-7-20/h3-13,18,27-28H,14-17H2,1-2H3,(H,26,29). The molecule has 0 heterocycles. The zero-order chi connectivity index (χ0) is 26.2. The lowest BCUT2D eigenvalue weighted by atomic mass is 10.2. The lowest BCUT2D eigenvalue weighted by Crippen LogP contribution is -2.34. The number of sulfonamides is 2. The lowest BCUT2D eigenvalue weighted by Gasteiger charge is -2.13. The third-order valence-electron chi connectivity index (χ3n) is 5.30. The number of aryl methyl sites for hydroxylation is 1. The highest BCUT2D eigenvalue weighted by Crippen LogP contribution is 2.25. The Bertz CT molecular complexity index is 1390. The first-order valence-corrected chi connectivity index (χ1v) is 14.2. The van der Waals surface area contributed by atoms with Crippen LogP contribution in [0.2, 0.25) is 0 Å². The van der Waals surface area contributed by atoms with Crippen LogP contribution in [0, 0.1) is 6.92 Å². The second-order valence-electron chi connectivity index (χ2n) is 7.97. The molecule has 11 heteroatoms. The SMILES string of the molecule is COc1ccc(C(=O)NCCNS(=O)(=O)c2ccc(C)cc2)cc1S(=O)(=O)NCCc1ccccc1. The highest BCUT2D eigenvalue weighted by atomic mass is 32.2. The number of methoxy groups -OCH3 is 1. The van der Waals surface area contributed by atoms with Crippen LogP contribution in [-0.2, 0) is 26.5 Å². The Morgan fingerprint density at radius 1 is 0.806 bits per heavy atom. The molecule has 0 saturated carbocycles. The number of nitrogens with one attached hydrogen (secondary N) is 3. The monoisotopic (exact) mass is 531 g/mol. The topological polar surface area (TPSA) is 131 Å². The van der Waals surface area contributed by atoms with E-state index in [1.807, 2.05) is 37.3 Å². The minimum absolute atomic E-state index is 0.00730. The first kappa shape index (κ1) is 27.3. The maximum atomic E-state index is 12.9. The highest BCUT2D eigenvalue weighted by molar-refractivity contribution is 7.89. The molecule has 0 unspecified atom stereocenters. The highest BCUT2D eigenvalue weighted by Gasteiger charge is 2.21. The summed E-state index contributed by atoms with van der Waals surface area (Å²) >= 11 is 0. The molecule has 0 atom stereocenters. The van der Waals surface area contributed by atoms with Crippen LogP contribution in [-0.4, -0.2) is 49.5 Å². The Balaban J connectivity index is 1.60. The maximum absolute atomic E-state index is 12.9. The second-order valence-corrected chi connectivity index (χ2v) is 11.5. The molecule has 3 N–H and O–H groups in total. The summed E-state index contributed by atoms with van der Waals surface area (Å²) in [5.41, 5.74) is 2.02. The molecule has 36 heavy (non-hydrogen) atoms. The van der Waals surface area contributed by atoms with E-state index in [1.165, 1.54) is 37.4 Å². The van der Waals surface area contributed by atoms with Crippen molar-refractivity contribution < 1.29 is 26.4 Å². The van der Waals surface area contributed by atoms with Gasteiger partial charge < -0.3 is 10.1 Å². The van der Waals surface area contributed by atoms with E-state index in [0.29, 0.717) is 6.42 Å². The molecule has 0 aliphatic heterocycles. The number of benzene rings is 3. The Morgan fingerprint density at radius 2 is 1.47 bits per heavy atom. The van der Waals surface area contributed by atoms with E-state index in [2.05, 4.69) is 14.8 Å². The third-order valence-corrected chi connectivity index (χ3v) is 8.26. The van der Waals surface area contributed by atoms with E-state index in [9.17, 15) is 21.6 Å². The first-order valence-electron chi connectivity index (χ1n) is 11.2. The predicted octanol–water partition coefficient (Wildman–Crippen LogP) is 2.23. The van der Waals surface area contributed by atoms with Crippen LogP contribution < -0.4 is 19.5 Å². The number of hydrogen-bond donors (Lipinski definition) is 3. The fraction of sp³-hybridized carbons (Fsp3) is 0.240. The van der Waals surface area contributed by atoms with Gasteiger partial charge in [0.25, 0.3) is 5.91 Å². The zero-order valence-electron chi connectivity index (χ0n) is 20.0. The molecule has 3 rings (SSSR count). The Labute approximate surface area is 212 Å². The van der Waals surface area contributed by atoms with Gasteiger partial charge in [0.15, 0.2) is 0 Å². The quantitative estimate of drug-likeness (QED) is 0.307. The van der Waals surface area contributed by atoms with Crippen molar-refractivity contribution in [1.82, 2.24) is 14.8 Å². The van der Waals surface area contributed by atoms with Crippen LogP contribution in [0.4, 0.5) is 0 Å². The van der Waals surface area contributed by atoms with Gasteiger partial charge in [0.2, 0.25) is 20.0 Å². The molecular weight excluding hydrogens is 502 g/mol. The minimum Gasteiger partial charge on any atom is -0.495 e. The number of amides is 1. The summed E-state index contributed by atoms with van der Waals surface area (Å²) in [7, 11) is -6.32. The predicted molar refractivity (Wildman–Crippen MR) is 137 cm³/mol. The molecule has 1 amide bonds. The normalized spacial score (nSPS) is 11.7. The van der Waals surface area contributed by atoms with Crippen molar-refractivity contribution in [2.24, 2.45) is 0 Å². The van der Waals surface area contributed by atoms with Gasteiger partial charge in [-0.15, -0.1) is 0 Å². The van der Waals surface area contributed by atoms with E-state index in [1.54, 1.807) is 12.1 Å². The van der Waals surface area contributed by atoms with Crippen molar-refractivity contribution in [2.45, 2.75) is 23.1 Å². The van der Waals surface area contributed by atoms with Crippen LogP contribution >= 0.6 is 0 Å². The Morgan fingerprint density at radius 3 is 2.14 bits per heavy atom.